The molecular formula is C18H15N3OS. The fraction of sp³-hybridized carbons (Fsp3) is 0.111. The molecule has 5 heteroatoms. The minimum atomic E-state index is -0.203. The van der Waals surface area contributed by atoms with Crippen molar-refractivity contribution in [2.75, 3.05) is 0 Å². The number of amides is 1. The molecule has 2 heterocycles. The number of nitrogens with one attached hydrogen (secondary N) is 1. The fourth-order valence-electron chi connectivity index (χ4n) is 2.35. The highest BCUT2D eigenvalue weighted by molar-refractivity contribution is 7.15. The molecule has 1 amide bonds. The molecule has 1 aromatic heterocycles. The van der Waals surface area contributed by atoms with Crippen LogP contribution in [0.5, 0.6) is 0 Å². The van der Waals surface area contributed by atoms with Crippen LogP contribution in [-0.4, -0.2) is 11.9 Å². The van der Waals surface area contributed by atoms with Gasteiger partial charge in [0.25, 0.3) is 0 Å². The minimum Gasteiger partial charge on any atom is -0.370 e. The molecule has 1 aromatic carbocycles. The van der Waals surface area contributed by atoms with Gasteiger partial charge < -0.3 is 5.73 Å². The number of thiophene rings is 1. The van der Waals surface area contributed by atoms with Crippen molar-refractivity contribution in [1.29, 1.82) is 0 Å². The molecule has 2 aromatic rings. The third kappa shape index (κ3) is 3.50. The first-order valence-electron chi connectivity index (χ1n) is 7.11. The Morgan fingerprint density at radius 1 is 1.39 bits per heavy atom. The van der Waals surface area contributed by atoms with Crippen molar-refractivity contribution in [3.63, 3.8) is 0 Å². The van der Waals surface area contributed by atoms with Gasteiger partial charge in [-0.2, -0.15) is 0 Å². The Bertz CT molecular complexity index is 854. The van der Waals surface area contributed by atoms with Gasteiger partial charge in [-0.15, -0.1) is 11.3 Å². The number of benzene rings is 1. The van der Waals surface area contributed by atoms with Crippen molar-refractivity contribution in [1.82, 2.24) is 5.32 Å². The summed E-state index contributed by atoms with van der Waals surface area (Å²) < 4.78 is 0. The molecule has 4 nitrogen and oxygen atoms in total. The Labute approximate surface area is 138 Å². The maximum absolute atomic E-state index is 11.6. The number of hydrogen-bond donors (Lipinski definition) is 2. The molecule has 3 rings (SSSR count). The van der Waals surface area contributed by atoms with E-state index in [4.69, 9.17) is 5.73 Å². The van der Waals surface area contributed by atoms with E-state index in [-0.39, 0.29) is 17.9 Å². The third-order valence-electron chi connectivity index (χ3n) is 3.36. The Kier molecular flexibility index (Phi) is 4.26. The minimum absolute atomic E-state index is 0.0980. The molecule has 1 aliphatic rings. The molecule has 0 saturated heterocycles. The normalized spacial score (nSPS) is 16.8. The largest absolute Gasteiger partial charge is 0.370 e. The van der Waals surface area contributed by atoms with Gasteiger partial charge in [0.05, 0.1) is 12.5 Å². The molecule has 0 radical (unpaired) electrons. The predicted octanol–water partition coefficient (Wildman–Crippen LogP) is 2.83. The first-order chi connectivity index (χ1) is 11.2. The number of carbonyl (C=O) groups excluding carboxylic acids is 1. The van der Waals surface area contributed by atoms with Gasteiger partial charge in [-0.25, -0.2) is 4.99 Å². The lowest BCUT2D eigenvalue weighted by Gasteiger charge is -2.17. The lowest BCUT2D eigenvalue weighted by atomic mass is 10.1. The zero-order valence-electron chi connectivity index (χ0n) is 12.4. The van der Waals surface area contributed by atoms with Gasteiger partial charge in [-0.3, -0.25) is 10.1 Å². The quantitative estimate of drug-likeness (QED) is 0.835. The summed E-state index contributed by atoms with van der Waals surface area (Å²) in [4.78, 5) is 18.0. The van der Waals surface area contributed by atoms with E-state index in [1.165, 1.54) is 0 Å². The van der Waals surface area contributed by atoms with Gasteiger partial charge in [0.15, 0.2) is 5.96 Å². The Morgan fingerprint density at radius 2 is 2.26 bits per heavy atom. The van der Waals surface area contributed by atoms with E-state index in [1.54, 1.807) is 17.4 Å². The number of aliphatic imine (C=N–C) groups is 1. The molecule has 0 bridgehead atoms. The van der Waals surface area contributed by atoms with E-state index in [9.17, 15) is 4.79 Å². The van der Waals surface area contributed by atoms with Crippen molar-refractivity contribution in [3.05, 3.63) is 59.5 Å². The van der Waals surface area contributed by atoms with Gasteiger partial charge in [0.1, 0.15) is 0 Å². The molecule has 0 saturated carbocycles. The summed E-state index contributed by atoms with van der Waals surface area (Å²) in [5.41, 5.74) is 7.67. The van der Waals surface area contributed by atoms with Gasteiger partial charge in [-0.05, 0) is 35.9 Å². The van der Waals surface area contributed by atoms with E-state index >= 15 is 0 Å². The monoisotopic (exact) mass is 321 g/mol. The van der Waals surface area contributed by atoms with E-state index in [0.29, 0.717) is 6.42 Å². The zero-order valence-corrected chi connectivity index (χ0v) is 13.2. The molecule has 1 atom stereocenters. The number of allylic oxidation sites excluding steroid dienone is 1. The lowest BCUT2D eigenvalue weighted by molar-refractivity contribution is -0.120. The fourth-order valence-corrected chi connectivity index (χ4v) is 3.39. The highest BCUT2D eigenvalue weighted by atomic mass is 32.1. The van der Waals surface area contributed by atoms with Crippen LogP contribution >= 0.6 is 11.3 Å². The van der Waals surface area contributed by atoms with Crippen LogP contribution in [0.15, 0.2) is 54.0 Å². The molecule has 1 aliphatic heterocycles. The molecule has 3 N–H and O–H groups in total. The second-order valence-electron chi connectivity index (χ2n) is 5.04. The Morgan fingerprint density at radius 3 is 3.04 bits per heavy atom. The van der Waals surface area contributed by atoms with Crippen LogP contribution in [0.2, 0.25) is 0 Å². The van der Waals surface area contributed by atoms with Crippen molar-refractivity contribution < 1.29 is 4.79 Å². The van der Waals surface area contributed by atoms with Crippen LogP contribution < -0.4 is 11.1 Å². The van der Waals surface area contributed by atoms with Crippen LogP contribution in [-0.2, 0) is 4.79 Å². The Hall–Kier alpha value is -2.84. The first-order valence-corrected chi connectivity index (χ1v) is 7.93. The van der Waals surface area contributed by atoms with Crippen molar-refractivity contribution >= 4 is 23.2 Å². The molecule has 0 aliphatic carbocycles. The second-order valence-corrected chi connectivity index (χ2v) is 6.15. The van der Waals surface area contributed by atoms with Gasteiger partial charge in [0.2, 0.25) is 5.91 Å². The summed E-state index contributed by atoms with van der Waals surface area (Å²) in [6.07, 6.45) is 1.90. The van der Waals surface area contributed by atoms with Crippen LogP contribution in [0.1, 0.15) is 22.9 Å². The standard InChI is InChI=1S/C18H15N3OS/c1-2-3-5-12-6-4-7-13(10-12)15-8-9-16(23-15)14-11-17(22)21-18(19)20-14/h2,4,6-10,14H,1,11H2,(H3,19,20,21,22)/t14-/m0/s1. The number of carbonyl (C=O) groups is 1. The second kappa shape index (κ2) is 6.51. The van der Waals surface area contributed by atoms with Crippen LogP contribution in [0, 0.1) is 11.8 Å². The first kappa shape index (κ1) is 15.1. The summed E-state index contributed by atoms with van der Waals surface area (Å²) in [6.45, 7) is 3.60. The number of hydrogen-bond acceptors (Lipinski definition) is 4. The molecule has 0 spiro atoms. The highest BCUT2D eigenvalue weighted by Crippen LogP contribution is 2.35. The van der Waals surface area contributed by atoms with Crippen molar-refractivity contribution in [2.45, 2.75) is 12.5 Å². The van der Waals surface area contributed by atoms with Gasteiger partial charge in [0, 0.05) is 15.3 Å². The van der Waals surface area contributed by atoms with Crippen LogP contribution in [0.25, 0.3) is 10.4 Å². The maximum atomic E-state index is 11.6. The number of nitrogens with two attached hydrogens (primary N) is 1. The maximum Gasteiger partial charge on any atom is 0.229 e. The SMILES string of the molecule is C=CC#Cc1cccc(-c2ccc([C@@H]3CC(=O)NC(N)=N3)s2)c1. The molecule has 0 fully saturated rings. The average Bonchev–Trinajstić information content (AvgIpc) is 3.02. The lowest BCUT2D eigenvalue weighted by Crippen LogP contribution is -2.41. The van der Waals surface area contributed by atoms with Crippen LogP contribution in [0.3, 0.4) is 0 Å². The van der Waals surface area contributed by atoms with Gasteiger partial charge in [-0.1, -0.05) is 30.6 Å². The Balaban J connectivity index is 1.89. The zero-order chi connectivity index (χ0) is 16.2. The number of rotatable bonds is 2. The van der Waals surface area contributed by atoms with Crippen LogP contribution in [0.4, 0.5) is 0 Å². The number of guanidine groups is 1. The number of nitrogens with zero attached hydrogens (tertiary/aromatic N) is 1. The summed E-state index contributed by atoms with van der Waals surface area (Å²) in [6, 6.07) is 11.9. The van der Waals surface area contributed by atoms with E-state index < -0.39 is 0 Å². The van der Waals surface area contributed by atoms with E-state index in [2.05, 4.69) is 28.7 Å². The van der Waals surface area contributed by atoms with Crippen molar-refractivity contribution in [3.8, 4) is 22.3 Å². The van der Waals surface area contributed by atoms with Gasteiger partial charge >= 0.3 is 0 Å². The van der Waals surface area contributed by atoms with E-state index in [0.717, 1.165) is 20.9 Å². The molecule has 0 unspecified atom stereocenters. The smallest absolute Gasteiger partial charge is 0.229 e. The highest BCUT2D eigenvalue weighted by Gasteiger charge is 2.22. The summed E-state index contributed by atoms with van der Waals surface area (Å²) in [5, 5.41) is 2.51. The summed E-state index contributed by atoms with van der Waals surface area (Å²) in [7, 11) is 0. The predicted molar refractivity (Wildman–Crippen MR) is 94.0 cm³/mol. The molecule has 23 heavy (non-hydrogen) atoms. The van der Waals surface area contributed by atoms with Crippen molar-refractivity contribution in [2.24, 2.45) is 10.7 Å². The average molecular weight is 321 g/mol. The summed E-state index contributed by atoms with van der Waals surface area (Å²) >= 11 is 1.62. The molecule has 114 valence electrons. The molecular weight excluding hydrogens is 306 g/mol. The third-order valence-corrected chi connectivity index (χ3v) is 4.60. The van der Waals surface area contributed by atoms with E-state index in [1.807, 2.05) is 36.4 Å². The topological polar surface area (TPSA) is 67.5 Å². The summed E-state index contributed by atoms with van der Waals surface area (Å²) in [5.74, 6) is 5.97.